The predicted molar refractivity (Wildman–Crippen MR) is 115 cm³/mol. The van der Waals surface area contributed by atoms with Gasteiger partial charge in [0.2, 0.25) is 0 Å². The SMILES string of the molecule is COCCN(Cc1csc(COc2cc(C)cc(C)c2)n1)C(=O)c1ccccc1. The van der Waals surface area contributed by atoms with Gasteiger partial charge in [-0.05, 0) is 49.2 Å². The van der Waals surface area contributed by atoms with Gasteiger partial charge in [-0.15, -0.1) is 11.3 Å². The van der Waals surface area contributed by atoms with Crippen molar-refractivity contribution in [2.24, 2.45) is 0 Å². The second-order valence-corrected chi connectivity index (χ2v) is 7.87. The zero-order valence-electron chi connectivity index (χ0n) is 17.1. The van der Waals surface area contributed by atoms with Crippen molar-refractivity contribution >= 4 is 17.2 Å². The van der Waals surface area contributed by atoms with Crippen molar-refractivity contribution in [3.8, 4) is 5.75 Å². The Kier molecular flexibility index (Phi) is 7.38. The lowest BCUT2D eigenvalue weighted by Gasteiger charge is -2.21. The standard InChI is InChI=1S/C23H26N2O3S/c1-17-11-18(2)13-21(12-17)28-15-22-24-20(16-29-22)14-25(9-10-27-3)23(26)19-7-5-4-6-8-19/h4-8,11-13,16H,9-10,14-15H2,1-3H3. The Bertz CT molecular complexity index is 920. The Labute approximate surface area is 175 Å². The van der Waals surface area contributed by atoms with E-state index >= 15 is 0 Å². The monoisotopic (exact) mass is 410 g/mol. The highest BCUT2D eigenvalue weighted by Gasteiger charge is 2.17. The van der Waals surface area contributed by atoms with Crippen molar-refractivity contribution in [2.75, 3.05) is 20.3 Å². The molecule has 0 N–H and O–H groups in total. The summed E-state index contributed by atoms with van der Waals surface area (Å²) in [6.45, 7) is 5.95. The largest absolute Gasteiger partial charge is 0.486 e. The molecule has 0 aliphatic heterocycles. The predicted octanol–water partition coefficient (Wildman–Crippen LogP) is 4.63. The van der Waals surface area contributed by atoms with Crippen molar-refractivity contribution in [2.45, 2.75) is 27.0 Å². The zero-order valence-corrected chi connectivity index (χ0v) is 17.9. The molecule has 0 unspecified atom stereocenters. The number of carbonyl (C=O) groups is 1. The minimum absolute atomic E-state index is 0.0244. The van der Waals surface area contributed by atoms with Gasteiger partial charge >= 0.3 is 0 Å². The number of thiazole rings is 1. The molecule has 2 aromatic carbocycles. The Morgan fingerprint density at radius 3 is 2.52 bits per heavy atom. The molecule has 0 saturated heterocycles. The van der Waals surface area contributed by atoms with Gasteiger partial charge in [-0.2, -0.15) is 0 Å². The van der Waals surface area contributed by atoms with E-state index in [1.54, 1.807) is 23.3 Å². The number of methoxy groups -OCH3 is 1. The maximum Gasteiger partial charge on any atom is 0.254 e. The van der Waals surface area contributed by atoms with Crippen LogP contribution in [0.25, 0.3) is 0 Å². The van der Waals surface area contributed by atoms with Crippen LogP contribution >= 0.6 is 11.3 Å². The van der Waals surface area contributed by atoms with Crippen LogP contribution in [0.1, 0.15) is 32.2 Å². The van der Waals surface area contributed by atoms with E-state index in [1.807, 2.05) is 47.8 Å². The van der Waals surface area contributed by atoms with Gasteiger partial charge < -0.3 is 14.4 Å². The average Bonchev–Trinajstić information content (AvgIpc) is 3.16. The lowest BCUT2D eigenvalue weighted by atomic mass is 10.1. The highest BCUT2D eigenvalue weighted by Crippen LogP contribution is 2.20. The molecule has 0 saturated carbocycles. The van der Waals surface area contributed by atoms with Crippen molar-refractivity contribution in [1.82, 2.24) is 9.88 Å². The molecule has 0 atom stereocenters. The number of nitrogens with zero attached hydrogens (tertiary/aromatic N) is 2. The van der Waals surface area contributed by atoms with E-state index in [0.717, 1.165) is 16.5 Å². The Morgan fingerprint density at radius 2 is 1.83 bits per heavy atom. The second kappa shape index (κ2) is 10.2. The van der Waals surface area contributed by atoms with Crippen LogP contribution in [0.4, 0.5) is 0 Å². The number of benzene rings is 2. The molecular weight excluding hydrogens is 384 g/mol. The van der Waals surface area contributed by atoms with Gasteiger partial charge in [-0.3, -0.25) is 4.79 Å². The highest BCUT2D eigenvalue weighted by molar-refractivity contribution is 7.09. The van der Waals surface area contributed by atoms with Crippen molar-refractivity contribution < 1.29 is 14.3 Å². The normalized spacial score (nSPS) is 10.7. The molecule has 6 heteroatoms. The first kappa shape index (κ1) is 21.0. The molecule has 3 rings (SSSR count). The smallest absolute Gasteiger partial charge is 0.254 e. The van der Waals surface area contributed by atoms with Gasteiger partial charge in [-0.1, -0.05) is 24.3 Å². The van der Waals surface area contributed by atoms with Crippen molar-refractivity contribution in [1.29, 1.82) is 0 Å². The third-order valence-corrected chi connectivity index (χ3v) is 5.25. The minimum atomic E-state index is -0.0244. The molecule has 0 spiro atoms. The Hall–Kier alpha value is -2.70. The zero-order chi connectivity index (χ0) is 20.6. The molecule has 152 valence electrons. The van der Waals surface area contributed by atoms with Crippen LogP contribution in [0.5, 0.6) is 5.75 Å². The maximum absolute atomic E-state index is 12.9. The summed E-state index contributed by atoms with van der Waals surface area (Å²) < 4.78 is 11.1. The number of rotatable bonds is 9. The lowest BCUT2D eigenvalue weighted by Crippen LogP contribution is -2.33. The first-order valence-electron chi connectivity index (χ1n) is 9.53. The molecule has 29 heavy (non-hydrogen) atoms. The number of amides is 1. The summed E-state index contributed by atoms with van der Waals surface area (Å²) >= 11 is 1.55. The molecule has 0 bridgehead atoms. The van der Waals surface area contributed by atoms with Crippen molar-refractivity contribution in [3.63, 3.8) is 0 Å². The molecule has 0 aliphatic carbocycles. The van der Waals surface area contributed by atoms with E-state index in [1.165, 1.54) is 11.1 Å². The van der Waals surface area contributed by atoms with E-state index in [2.05, 4.69) is 24.9 Å². The molecule has 1 amide bonds. The topological polar surface area (TPSA) is 51.7 Å². The minimum Gasteiger partial charge on any atom is -0.486 e. The van der Waals surface area contributed by atoms with Gasteiger partial charge in [0, 0.05) is 24.6 Å². The maximum atomic E-state index is 12.9. The fourth-order valence-electron chi connectivity index (χ4n) is 3.06. The number of hydrogen-bond acceptors (Lipinski definition) is 5. The summed E-state index contributed by atoms with van der Waals surface area (Å²) in [4.78, 5) is 19.3. The van der Waals surface area contributed by atoms with Gasteiger partial charge in [0.05, 0.1) is 18.8 Å². The molecule has 5 nitrogen and oxygen atoms in total. The highest BCUT2D eigenvalue weighted by atomic mass is 32.1. The molecule has 0 aliphatic rings. The van der Waals surface area contributed by atoms with Gasteiger partial charge in [0.15, 0.2) is 0 Å². The third kappa shape index (κ3) is 6.14. The van der Waals surface area contributed by atoms with Gasteiger partial charge in [0.25, 0.3) is 5.91 Å². The number of carbonyl (C=O) groups excluding carboxylic acids is 1. The third-order valence-electron chi connectivity index (χ3n) is 4.38. The summed E-state index contributed by atoms with van der Waals surface area (Å²) in [6, 6.07) is 15.4. The van der Waals surface area contributed by atoms with E-state index in [-0.39, 0.29) is 5.91 Å². The molecule has 0 fully saturated rings. The lowest BCUT2D eigenvalue weighted by molar-refractivity contribution is 0.0678. The van der Waals surface area contributed by atoms with Crippen molar-refractivity contribution in [3.05, 3.63) is 81.3 Å². The molecular formula is C23H26N2O3S. The van der Waals surface area contributed by atoms with E-state index < -0.39 is 0 Å². The quantitative estimate of drug-likeness (QED) is 0.516. The van der Waals surface area contributed by atoms with Crippen LogP contribution in [0.3, 0.4) is 0 Å². The number of ether oxygens (including phenoxy) is 2. The summed E-state index contributed by atoms with van der Waals surface area (Å²) in [6.07, 6.45) is 0. The van der Waals surface area contributed by atoms with Crippen LogP contribution in [0, 0.1) is 13.8 Å². The van der Waals surface area contributed by atoms with E-state index in [9.17, 15) is 4.79 Å². The Balaban J connectivity index is 1.64. The first-order valence-corrected chi connectivity index (χ1v) is 10.4. The first-order chi connectivity index (χ1) is 14.0. The molecule has 3 aromatic rings. The van der Waals surface area contributed by atoms with Gasteiger partial charge in [0.1, 0.15) is 17.4 Å². The number of hydrogen-bond donors (Lipinski definition) is 0. The van der Waals surface area contributed by atoms with E-state index in [4.69, 9.17) is 9.47 Å². The van der Waals surface area contributed by atoms with Crippen LogP contribution in [0.2, 0.25) is 0 Å². The summed E-state index contributed by atoms with van der Waals surface area (Å²) in [5.74, 6) is 0.823. The molecule has 1 heterocycles. The molecule has 1 aromatic heterocycles. The van der Waals surface area contributed by atoms with Crippen LogP contribution in [0.15, 0.2) is 53.9 Å². The Morgan fingerprint density at radius 1 is 1.10 bits per heavy atom. The number of aryl methyl sites for hydroxylation is 2. The van der Waals surface area contributed by atoms with Crippen LogP contribution < -0.4 is 4.74 Å². The van der Waals surface area contributed by atoms with Gasteiger partial charge in [-0.25, -0.2) is 4.98 Å². The van der Waals surface area contributed by atoms with Crippen LogP contribution in [-0.2, 0) is 17.9 Å². The second-order valence-electron chi connectivity index (χ2n) is 6.93. The molecule has 0 radical (unpaired) electrons. The van der Waals surface area contributed by atoms with Crippen LogP contribution in [-0.4, -0.2) is 36.1 Å². The fraction of sp³-hybridized carbons (Fsp3) is 0.304. The summed E-state index contributed by atoms with van der Waals surface area (Å²) in [5, 5.41) is 2.87. The average molecular weight is 411 g/mol. The van der Waals surface area contributed by atoms with E-state index in [0.29, 0.717) is 31.9 Å². The summed E-state index contributed by atoms with van der Waals surface area (Å²) in [7, 11) is 1.64. The fourth-order valence-corrected chi connectivity index (χ4v) is 3.76. The number of aromatic nitrogens is 1. The summed E-state index contributed by atoms with van der Waals surface area (Å²) in [5.41, 5.74) is 3.87.